The lowest BCUT2D eigenvalue weighted by Gasteiger charge is -2.21. The summed E-state index contributed by atoms with van der Waals surface area (Å²) in [6, 6.07) is 24.9. The van der Waals surface area contributed by atoms with Gasteiger partial charge in [0.15, 0.2) is 0 Å². The van der Waals surface area contributed by atoms with Gasteiger partial charge in [0, 0.05) is 6.42 Å². The molecule has 0 radical (unpaired) electrons. The van der Waals surface area contributed by atoms with Gasteiger partial charge in [-0.05, 0) is 59.8 Å². The molecule has 1 saturated heterocycles. The molecule has 0 aromatic heterocycles. The molecule has 1 amide bonds. The minimum atomic E-state index is -0.120. The fraction of sp³-hybridized carbons (Fsp3) is 0.292. The van der Waals surface area contributed by atoms with Crippen LogP contribution in [0.15, 0.2) is 72.8 Å². The Morgan fingerprint density at radius 3 is 2.46 bits per heavy atom. The van der Waals surface area contributed by atoms with Gasteiger partial charge in [0.1, 0.15) is 0 Å². The van der Waals surface area contributed by atoms with Crippen molar-refractivity contribution in [3.05, 3.63) is 83.9 Å². The van der Waals surface area contributed by atoms with E-state index in [-0.39, 0.29) is 24.4 Å². The summed E-state index contributed by atoms with van der Waals surface area (Å²) in [6.07, 6.45) is 2.72. The van der Waals surface area contributed by atoms with Crippen LogP contribution >= 0.6 is 12.4 Å². The van der Waals surface area contributed by atoms with Crippen LogP contribution < -0.4 is 10.6 Å². The van der Waals surface area contributed by atoms with Crippen LogP contribution in [0, 0.1) is 5.92 Å². The second kappa shape index (κ2) is 9.72. The molecule has 0 saturated carbocycles. The number of nitrogens with one attached hydrogen (secondary N) is 2. The van der Waals surface area contributed by atoms with E-state index in [1.807, 2.05) is 18.2 Å². The van der Waals surface area contributed by atoms with E-state index in [0.29, 0.717) is 12.3 Å². The molecule has 2 unspecified atom stereocenters. The SMILES string of the molecule is Cl.O=C(CCC1CCNC1)NC(c1ccccc1)c1ccc2ccccc2c1. The van der Waals surface area contributed by atoms with Crippen molar-refractivity contribution in [3.63, 3.8) is 0 Å². The van der Waals surface area contributed by atoms with Gasteiger partial charge in [-0.1, -0.05) is 66.7 Å². The Morgan fingerprint density at radius 1 is 0.964 bits per heavy atom. The maximum atomic E-state index is 12.7. The largest absolute Gasteiger partial charge is 0.345 e. The Labute approximate surface area is 172 Å². The van der Waals surface area contributed by atoms with E-state index in [1.165, 1.54) is 17.2 Å². The van der Waals surface area contributed by atoms with E-state index >= 15 is 0 Å². The molecule has 0 bridgehead atoms. The number of amides is 1. The Morgan fingerprint density at radius 2 is 1.71 bits per heavy atom. The smallest absolute Gasteiger partial charge is 0.220 e. The van der Waals surface area contributed by atoms with Crippen LogP contribution in [0.1, 0.15) is 36.4 Å². The molecule has 28 heavy (non-hydrogen) atoms. The monoisotopic (exact) mass is 394 g/mol. The van der Waals surface area contributed by atoms with Gasteiger partial charge in [-0.3, -0.25) is 4.79 Å². The summed E-state index contributed by atoms with van der Waals surface area (Å²) in [6.45, 7) is 2.12. The molecular formula is C24H27ClN2O. The molecule has 3 aromatic carbocycles. The summed E-state index contributed by atoms with van der Waals surface area (Å²) in [5.41, 5.74) is 2.24. The first-order valence-electron chi connectivity index (χ1n) is 9.83. The third kappa shape index (κ3) is 4.92. The number of hydrogen-bond acceptors (Lipinski definition) is 2. The van der Waals surface area contributed by atoms with Crippen molar-refractivity contribution in [1.29, 1.82) is 0 Å². The minimum Gasteiger partial charge on any atom is -0.345 e. The van der Waals surface area contributed by atoms with E-state index in [9.17, 15) is 4.79 Å². The molecule has 146 valence electrons. The number of benzene rings is 3. The molecule has 4 rings (SSSR count). The third-order valence-electron chi connectivity index (χ3n) is 5.49. The van der Waals surface area contributed by atoms with Crippen LogP contribution in [0.2, 0.25) is 0 Å². The van der Waals surface area contributed by atoms with E-state index < -0.39 is 0 Å². The van der Waals surface area contributed by atoms with Crippen LogP contribution in [-0.4, -0.2) is 19.0 Å². The molecule has 1 heterocycles. The Hall–Kier alpha value is -2.36. The molecule has 4 heteroatoms. The zero-order valence-corrected chi connectivity index (χ0v) is 16.8. The summed E-state index contributed by atoms with van der Waals surface area (Å²) in [7, 11) is 0. The maximum Gasteiger partial charge on any atom is 0.220 e. The van der Waals surface area contributed by atoms with Gasteiger partial charge in [0.2, 0.25) is 5.91 Å². The topological polar surface area (TPSA) is 41.1 Å². The molecule has 1 aliphatic heterocycles. The second-order valence-corrected chi connectivity index (χ2v) is 7.42. The normalized spacial score (nSPS) is 17.1. The van der Waals surface area contributed by atoms with Crippen molar-refractivity contribution in [2.45, 2.75) is 25.3 Å². The molecule has 1 aliphatic rings. The average Bonchev–Trinajstić information content (AvgIpc) is 3.24. The molecule has 1 fully saturated rings. The molecule has 0 aliphatic carbocycles. The summed E-state index contributed by atoms with van der Waals surface area (Å²) < 4.78 is 0. The van der Waals surface area contributed by atoms with Crippen molar-refractivity contribution in [1.82, 2.24) is 10.6 Å². The van der Waals surface area contributed by atoms with Gasteiger partial charge in [-0.25, -0.2) is 0 Å². The second-order valence-electron chi connectivity index (χ2n) is 7.42. The lowest BCUT2D eigenvalue weighted by molar-refractivity contribution is -0.121. The van der Waals surface area contributed by atoms with Gasteiger partial charge in [0.05, 0.1) is 6.04 Å². The highest BCUT2D eigenvalue weighted by molar-refractivity contribution is 5.85. The molecule has 0 spiro atoms. The quantitative estimate of drug-likeness (QED) is 0.627. The Bertz CT molecular complexity index is 907. The van der Waals surface area contributed by atoms with Crippen molar-refractivity contribution in [2.24, 2.45) is 5.92 Å². The fourth-order valence-corrected chi connectivity index (χ4v) is 3.92. The summed E-state index contributed by atoms with van der Waals surface area (Å²) >= 11 is 0. The van der Waals surface area contributed by atoms with Crippen molar-refractivity contribution in [3.8, 4) is 0 Å². The zero-order chi connectivity index (χ0) is 18.5. The van der Waals surface area contributed by atoms with Gasteiger partial charge < -0.3 is 10.6 Å². The molecule has 3 aromatic rings. The summed E-state index contributed by atoms with van der Waals surface area (Å²) in [5, 5.41) is 9.07. The van der Waals surface area contributed by atoms with E-state index in [1.54, 1.807) is 0 Å². The lowest BCUT2D eigenvalue weighted by Crippen LogP contribution is -2.29. The highest BCUT2D eigenvalue weighted by Gasteiger charge is 2.19. The standard InChI is InChI=1S/C24H26N2O.ClH/c27-23(13-10-18-14-15-25-17-18)26-24(20-7-2-1-3-8-20)22-12-11-19-6-4-5-9-21(19)16-22;/h1-9,11-12,16,18,24-25H,10,13-15,17H2,(H,26,27);1H. The fourth-order valence-electron chi connectivity index (χ4n) is 3.92. The number of rotatable bonds is 6. The number of carbonyl (C=O) groups excluding carboxylic acids is 1. The summed E-state index contributed by atoms with van der Waals surface area (Å²) in [5.74, 6) is 0.760. The number of halogens is 1. The van der Waals surface area contributed by atoms with E-state index in [0.717, 1.165) is 30.6 Å². The van der Waals surface area contributed by atoms with E-state index in [2.05, 4.69) is 65.2 Å². The van der Waals surface area contributed by atoms with Gasteiger partial charge in [0.25, 0.3) is 0 Å². The predicted molar refractivity (Wildman–Crippen MR) is 118 cm³/mol. The molecular weight excluding hydrogens is 368 g/mol. The first kappa shape index (κ1) is 20.4. The number of carbonyl (C=O) groups is 1. The third-order valence-corrected chi connectivity index (χ3v) is 5.49. The first-order valence-corrected chi connectivity index (χ1v) is 9.83. The maximum absolute atomic E-state index is 12.7. The molecule has 2 N–H and O–H groups in total. The number of hydrogen-bond donors (Lipinski definition) is 2. The Kier molecular flexibility index (Phi) is 7.07. The van der Waals surface area contributed by atoms with Crippen LogP contribution in [0.5, 0.6) is 0 Å². The lowest BCUT2D eigenvalue weighted by atomic mass is 9.95. The number of fused-ring (bicyclic) bond motifs is 1. The predicted octanol–water partition coefficient (Wildman–Crippen LogP) is 4.86. The van der Waals surface area contributed by atoms with Gasteiger partial charge in [-0.2, -0.15) is 0 Å². The van der Waals surface area contributed by atoms with E-state index in [4.69, 9.17) is 0 Å². The van der Waals surface area contributed by atoms with Crippen LogP contribution in [0.3, 0.4) is 0 Å². The van der Waals surface area contributed by atoms with Crippen molar-refractivity contribution in [2.75, 3.05) is 13.1 Å². The van der Waals surface area contributed by atoms with Crippen LogP contribution in [0.25, 0.3) is 10.8 Å². The minimum absolute atomic E-state index is 0. The summed E-state index contributed by atoms with van der Waals surface area (Å²) in [4.78, 5) is 12.7. The van der Waals surface area contributed by atoms with Gasteiger partial charge in [-0.15, -0.1) is 12.4 Å². The molecule has 3 nitrogen and oxygen atoms in total. The zero-order valence-electron chi connectivity index (χ0n) is 15.9. The van der Waals surface area contributed by atoms with Crippen molar-refractivity contribution >= 4 is 29.1 Å². The Balaban J connectivity index is 0.00000225. The van der Waals surface area contributed by atoms with Crippen LogP contribution in [-0.2, 0) is 4.79 Å². The van der Waals surface area contributed by atoms with Gasteiger partial charge >= 0.3 is 0 Å². The van der Waals surface area contributed by atoms with Crippen molar-refractivity contribution < 1.29 is 4.79 Å². The average molecular weight is 395 g/mol. The highest BCUT2D eigenvalue weighted by atomic mass is 35.5. The first-order chi connectivity index (χ1) is 13.3. The highest BCUT2D eigenvalue weighted by Crippen LogP contribution is 2.26. The van der Waals surface area contributed by atoms with Crippen LogP contribution in [0.4, 0.5) is 0 Å². The molecule has 2 atom stereocenters.